The standard InChI is InChI=1S/C19H30N3O/c1-21(2)19(23)14-22-12-9-15(10-13-22)16-6-3-4-7-17(16)18-8-5-11-20-18/h3-4,6-7,15,18-19,23H,5,8-14H2,1-2H3/q-1. The van der Waals surface area contributed by atoms with E-state index in [1.807, 2.05) is 19.0 Å². The van der Waals surface area contributed by atoms with E-state index in [0.29, 0.717) is 12.0 Å². The van der Waals surface area contributed by atoms with Crippen LogP contribution in [0.5, 0.6) is 0 Å². The van der Waals surface area contributed by atoms with Crippen molar-refractivity contribution >= 4 is 0 Å². The molecule has 0 aliphatic carbocycles. The number of aliphatic hydroxyl groups is 1. The van der Waals surface area contributed by atoms with Crippen molar-refractivity contribution in [2.24, 2.45) is 0 Å². The fourth-order valence-corrected chi connectivity index (χ4v) is 3.88. The van der Waals surface area contributed by atoms with Crippen LogP contribution in [0.15, 0.2) is 24.3 Å². The maximum Gasteiger partial charge on any atom is 0.119 e. The van der Waals surface area contributed by atoms with Gasteiger partial charge in [0.2, 0.25) is 0 Å². The van der Waals surface area contributed by atoms with Crippen molar-refractivity contribution in [1.29, 1.82) is 0 Å². The molecule has 2 atom stereocenters. The molecule has 4 heteroatoms. The third kappa shape index (κ3) is 4.13. The summed E-state index contributed by atoms with van der Waals surface area (Å²) in [5, 5.41) is 14.8. The number of aliphatic hydroxyl groups excluding tert-OH is 1. The molecule has 4 nitrogen and oxygen atoms in total. The first kappa shape index (κ1) is 16.9. The van der Waals surface area contributed by atoms with Gasteiger partial charge in [0.15, 0.2) is 0 Å². The molecule has 1 N–H and O–H groups in total. The fraction of sp³-hybridized carbons (Fsp3) is 0.684. The molecule has 0 aromatic heterocycles. The summed E-state index contributed by atoms with van der Waals surface area (Å²) < 4.78 is 0. The summed E-state index contributed by atoms with van der Waals surface area (Å²) in [6, 6.07) is 9.38. The summed E-state index contributed by atoms with van der Waals surface area (Å²) in [5.74, 6) is 0.648. The second kappa shape index (κ2) is 7.75. The van der Waals surface area contributed by atoms with E-state index in [1.54, 1.807) is 0 Å². The number of nitrogens with zero attached hydrogens (tertiary/aromatic N) is 3. The van der Waals surface area contributed by atoms with Crippen LogP contribution in [-0.2, 0) is 0 Å². The minimum atomic E-state index is -0.365. The van der Waals surface area contributed by atoms with Gasteiger partial charge in [0, 0.05) is 6.54 Å². The highest BCUT2D eigenvalue weighted by Gasteiger charge is 2.24. The average molecular weight is 316 g/mol. The van der Waals surface area contributed by atoms with E-state index >= 15 is 0 Å². The van der Waals surface area contributed by atoms with E-state index in [4.69, 9.17) is 5.32 Å². The second-order valence-electron chi connectivity index (χ2n) is 7.21. The first-order chi connectivity index (χ1) is 11.1. The second-order valence-corrected chi connectivity index (χ2v) is 7.21. The van der Waals surface area contributed by atoms with Crippen molar-refractivity contribution in [3.63, 3.8) is 0 Å². The third-order valence-corrected chi connectivity index (χ3v) is 5.39. The molecule has 0 radical (unpaired) electrons. The van der Waals surface area contributed by atoms with E-state index in [1.165, 1.54) is 36.8 Å². The van der Waals surface area contributed by atoms with Gasteiger partial charge < -0.3 is 10.4 Å². The molecule has 2 aliphatic heterocycles. The Labute approximate surface area is 140 Å². The molecule has 128 valence electrons. The van der Waals surface area contributed by atoms with Gasteiger partial charge >= 0.3 is 0 Å². The molecule has 2 heterocycles. The van der Waals surface area contributed by atoms with Gasteiger partial charge in [-0.25, -0.2) is 0 Å². The molecule has 0 saturated carbocycles. The topological polar surface area (TPSA) is 40.8 Å². The largest absolute Gasteiger partial charge is 0.656 e. The average Bonchev–Trinajstić information content (AvgIpc) is 3.10. The molecule has 2 aliphatic rings. The third-order valence-electron chi connectivity index (χ3n) is 5.39. The minimum absolute atomic E-state index is 0.365. The van der Waals surface area contributed by atoms with Crippen LogP contribution < -0.4 is 0 Å². The lowest BCUT2D eigenvalue weighted by Crippen LogP contribution is -2.43. The zero-order valence-electron chi connectivity index (χ0n) is 14.5. The maximum atomic E-state index is 10.0. The molecule has 0 bridgehead atoms. The highest BCUT2D eigenvalue weighted by Crippen LogP contribution is 2.39. The van der Waals surface area contributed by atoms with Crippen molar-refractivity contribution in [3.8, 4) is 0 Å². The van der Waals surface area contributed by atoms with Crippen LogP contribution in [0, 0.1) is 0 Å². The summed E-state index contributed by atoms with van der Waals surface area (Å²) in [5.41, 5.74) is 2.99. The van der Waals surface area contributed by atoms with Gasteiger partial charge in [-0.05, 0) is 51.5 Å². The molecule has 1 aromatic rings. The number of rotatable bonds is 5. The summed E-state index contributed by atoms with van der Waals surface area (Å²) in [7, 11) is 3.86. The van der Waals surface area contributed by atoms with Crippen LogP contribution in [0.25, 0.3) is 5.32 Å². The Kier molecular flexibility index (Phi) is 5.70. The first-order valence-electron chi connectivity index (χ1n) is 8.97. The Morgan fingerprint density at radius 3 is 2.48 bits per heavy atom. The van der Waals surface area contributed by atoms with Gasteiger partial charge in [0.1, 0.15) is 6.23 Å². The van der Waals surface area contributed by atoms with Gasteiger partial charge in [-0.15, -0.1) is 12.6 Å². The number of hydrogen-bond acceptors (Lipinski definition) is 3. The molecule has 0 spiro atoms. The Bertz CT molecular complexity index is 491. The Morgan fingerprint density at radius 1 is 1.17 bits per heavy atom. The van der Waals surface area contributed by atoms with Gasteiger partial charge in [-0.3, -0.25) is 9.80 Å². The minimum Gasteiger partial charge on any atom is -0.656 e. The highest BCUT2D eigenvalue weighted by atomic mass is 16.3. The van der Waals surface area contributed by atoms with Crippen LogP contribution in [-0.4, -0.2) is 61.4 Å². The van der Waals surface area contributed by atoms with Crippen molar-refractivity contribution in [1.82, 2.24) is 9.80 Å². The molecule has 1 aromatic carbocycles. The van der Waals surface area contributed by atoms with E-state index in [9.17, 15) is 5.11 Å². The van der Waals surface area contributed by atoms with Crippen molar-refractivity contribution in [3.05, 3.63) is 40.7 Å². The Balaban J connectivity index is 1.62. The lowest BCUT2D eigenvalue weighted by molar-refractivity contribution is 0.00317. The van der Waals surface area contributed by atoms with Crippen LogP contribution in [0.1, 0.15) is 48.8 Å². The van der Waals surface area contributed by atoms with E-state index in [2.05, 4.69) is 29.2 Å². The normalized spacial score (nSPS) is 25.1. The first-order valence-corrected chi connectivity index (χ1v) is 8.97. The molecule has 2 saturated heterocycles. The van der Waals surface area contributed by atoms with Crippen LogP contribution in [0.4, 0.5) is 0 Å². The summed E-state index contributed by atoms with van der Waals surface area (Å²) in [4.78, 5) is 4.27. The van der Waals surface area contributed by atoms with Crippen molar-refractivity contribution < 1.29 is 5.11 Å². The van der Waals surface area contributed by atoms with E-state index in [0.717, 1.165) is 26.2 Å². The zero-order valence-corrected chi connectivity index (χ0v) is 14.5. The van der Waals surface area contributed by atoms with Gasteiger partial charge in [-0.1, -0.05) is 42.7 Å². The van der Waals surface area contributed by atoms with Crippen LogP contribution in [0.2, 0.25) is 0 Å². The SMILES string of the molecule is CN(C)C(O)CN1CCC(c2ccccc2C2CCC[N-]2)CC1. The molecule has 0 amide bonds. The number of β-amino-alcohol motifs (C(OH)–C–C–N with tert-alkyl or cyclic N) is 1. The van der Waals surface area contributed by atoms with Crippen LogP contribution >= 0.6 is 0 Å². The Morgan fingerprint density at radius 2 is 1.87 bits per heavy atom. The fourth-order valence-electron chi connectivity index (χ4n) is 3.88. The Hall–Kier alpha value is -0.940. The van der Waals surface area contributed by atoms with Crippen LogP contribution in [0.3, 0.4) is 0 Å². The number of hydrogen-bond donors (Lipinski definition) is 1. The molecular formula is C19H30N3O-. The monoisotopic (exact) mass is 316 g/mol. The molecular weight excluding hydrogens is 286 g/mol. The number of likely N-dealkylation sites (N-methyl/N-ethyl adjacent to an activating group) is 1. The number of benzene rings is 1. The molecule has 23 heavy (non-hydrogen) atoms. The summed E-state index contributed by atoms with van der Waals surface area (Å²) in [6.45, 7) is 3.93. The summed E-state index contributed by atoms with van der Waals surface area (Å²) >= 11 is 0. The molecule has 3 rings (SSSR count). The zero-order chi connectivity index (χ0) is 16.2. The van der Waals surface area contributed by atoms with Gasteiger partial charge in [0.05, 0.1) is 0 Å². The number of piperidine rings is 1. The predicted molar refractivity (Wildman–Crippen MR) is 94.8 cm³/mol. The smallest absolute Gasteiger partial charge is 0.119 e. The van der Waals surface area contributed by atoms with Crippen molar-refractivity contribution in [2.45, 2.75) is 43.9 Å². The maximum absolute atomic E-state index is 10.0. The van der Waals surface area contributed by atoms with Gasteiger partial charge in [0.25, 0.3) is 0 Å². The molecule has 2 fully saturated rings. The van der Waals surface area contributed by atoms with Gasteiger partial charge in [-0.2, -0.15) is 0 Å². The van der Waals surface area contributed by atoms with Crippen molar-refractivity contribution in [2.75, 3.05) is 40.3 Å². The summed E-state index contributed by atoms with van der Waals surface area (Å²) in [6.07, 6.45) is 4.45. The quantitative estimate of drug-likeness (QED) is 0.849. The lowest BCUT2D eigenvalue weighted by Gasteiger charge is -2.36. The molecule has 2 unspecified atom stereocenters. The van der Waals surface area contributed by atoms with E-state index < -0.39 is 0 Å². The predicted octanol–water partition coefficient (Wildman–Crippen LogP) is 2.95. The lowest BCUT2D eigenvalue weighted by atomic mass is 9.84. The van der Waals surface area contributed by atoms with E-state index in [-0.39, 0.29) is 6.23 Å². The number of likely N-dealkylation sites (tertiary alicyclic amines) is 1. The highest BCUT2D eigenvalue weighted by molar-refractivity contribution is 5.36.